The first-order valence-corrected chi connectivity index (χ1v) is 7.04. The molecule has 0 atom stereocenters. The summed E-state index contributed by atoms with van der Waals surface area (Å²) in [6.45, 7) is 0. The normalized spacial score (nSPS) is 10.7. The summed E-state index contributed by atoms with van der Waals surface area (Å²) in [4.78, 5) is 16.0. The number of thioether (sulfide) groups is 1. The van der Waals surface area contributed by atoms with E-state index in [1.54, 1.807) is 36.4 Å². The van der Waals surface area contributed by atoms with Crippen molar-refractivity contribution in [2.45, 2.75) is 10.6 Å². The lowest BCUT2D eigenvalue weighted by atomic mass is 10.2. The van der Waals surface area contributed by atoms with Crippen molar-refractivity contribution in [3.05, 3.63) is 54.1 Å². The smallest absolute Gasteiger partial charge is 0.336 e. The minimum absolute atomic E-state index is 0.258. The summed E-state index contributed by atoms with van der Waals surface area (Å²) >= 11 is 1.33. The molecule has 0 aliphatic heterocycles. The van der Waals surface area contributed by atoms with Gasteiger partial charge in [-0.05, 0) is 24.3 Å². The second-order valence-corrected chi connectivity index (χ2v) is 5.10. The summed E-state index contributed by atoms with van der Waals surface area (Å²) in [6, 6.07) is 10.3. The molecule has 1 N–H and O–H groups in total. The average Bonchev–Trinajstić information content (AvgIpc) is 3.16. The number of carboxylic acids is 1. The van der Waals surface area contributed by atoms with E-state index in [9.17, 15) is 4.79 Å². The van der Waals surface area contributed by atoms with Gasteiger partial charge < -0.3 is 14.0 Å². The summed E-state index contributed by atoms with van der Waals surface area (Å²) in [6.07, 6.45) is 1.53. The third-order valence-corrected chi connectivity index (χ3v) is 3.74. The Kier molecular flexibility index (Phi) is 3.74. The van der Waals surface area contributed by atoms with Gasteiger partial charge in [-0.25, -0.2) is 4.79 Å². The van der Waals surface area contributed by atoms with Gasteiger partial charge >= 0.3 is 5.97 Å². The highest BCUT2D eigenvalue weighted by molar-refractivity contribution is 7.98. The summed E-state index contributed by atoms with van der Waals surface area (Å²) in [7, 11) is 0. The molecule has 0 aliphatic rings. The zero-order chi connectivity index (χ0) is 14.7. The molecule has 7 heteroatoms. The molecular formula is C14H10N2O4S. The molecule has 0 unspecified atom stereocenters. The Morgan fingerprint density at radius 2 is 2.10 bits per heavy atom. The number of rotatable bonds is 5. The van der Waals surface area contributed by atoms with Gasteiger partial charge in [-0.2, -0.15) is 4.98 Å². The van der Waals surface area contributed by atoms with Crippen LogP contribution in [-0.2, 0) is 5.75 Å². The second-order valence-electron chi connectivity index (χ2n) is 4.08. The van der Waals surface area contributed by atoms with Gasteiger partial charge in [0.15, 0.2) is 5.76 Å². The number of hydrogen-bond acceptors (Lipinski definition) is 6. The molecule has 21 heavy (non-hydrogen) atoms. The van der Waals surface area contributed by atoms with Crippen molar-refractivity contribution in [2.24, 2.45) is 0 Å². The summed E-state index contributed by atoms with van der Waals surface area (Å²) in [5, 5.41) is 12.9. The Morgan fingerprint density at radius 1 is 1.24 bits per heavy atom. The average molecular weight is 302 g/mol. The maximum absolute atomic E-state index is 11.1. The molecule has 0 bridgehead atoms. The Morgan fingerprint density at radius 3 is 2.86 bits per heavy atom. The maximum Gasteiger partial charge on any atom is 0.336 e. The number of carboxylic acid groups (broad SMARTS) is 1. The topological polar surface area (TPSA) is 89.4 Å². The fraction of sp³-hybridized carbons (Fsp3) is 0.0714. The van der Waals surface area contributed by atoms with E-state index in [2.05, 4.69) is 10.1 Å². The Labute approximate surface area is 123 Å². The van der Waals surface area contributed by atoms with Crippen molar-refractivity contribution < 1.29 is 18.8 Å². The Bertz CT molecular complexity index is 752. The van der Waals surface area contributed by atoms with Gasteiger partial charge in [-0.15, -0.1) is 11.8 Å². The number of benzene rings is 1. The molecule has 106 valence electrons. The molecule has 0 amide bonds. The highest BCUT2D eigenvalue weighted by Gasteiger charge is 2.13. The molecule has 3 aromatic rings. The van der Waals surface area contributed by atoms with Gasteiger partial charge in [-0.1, -0.05) is 17.3 Å². The Hall–Kier alpha value is -2.54. The molecule has 0 aliphatic carbocycles. The van der Waals surface area contributed by atoms with Crippen LogP contribution in [0.5, 0.6) is 0 Å². The quantitative estimate of drug-likeness (QED) is 0.723. The predicted octanol–water partition coefficient (Wildman–Crippen LogP) is 3.32. The zero-order valence-electron chi connectivity index (χ0n) is 10.7. The number of aromatic nitrogens is 2. The second kappa shape index (κ2) is 5.84. The first kappa shape index (κ1) is 13.4. The van der Waals surface area contributed by atoms with E-state index < -0.39 is 5.97 Å². The van der Waals surface area contributed by atoms with Gasteiger partial charge in [0.1, 0.15) is 0 Å². The van der Waals surface area contributed by atoms with Crippen LogP contribution in [0.4, 0.5) is 0 Å². The van der Waals surface area contributed by atoms with Crippen molar-refractivity contribution in [3.8, 4) is 11.6 Å². The van der Waals surface area contributed by atoms with Gasteiger partial charge in [0.05, 0.1) is 17.6 Å². The molecule has 3 rings (SSSR count). The van der Waals surface area contributed by atoms with Crippen molar-refractivity contribution in [1.82, 2.24) is 10.1 Å². The van der Waals surface area contributed by atoms with Gasteiger partial charge in [0.2, 0.25) is 11.7 Å². The fourth-order valence-electron chi connectivity index (χ4n) is 1.73. The van der Waals surface area contributed by atoms with Gasteiger partial charge in [0, 0.05) is 4.90 Å². The van der Waals surface area contributed by atoms with Crippen LogP contribution in [0.15, 0.2) is 56.5 Å². The minimum Gasteiger partial charge on any atom is -0.478 e. The van der Waals surface area contributed by atoms with E-state index in [1.807, 2.05) is 0 Å². The number of aromatic carboxylic acids is 1. The first-order valence-electron chi connectivity index (χ1n) is 6.05. The summed E-state index contributed by atoms with van der Waals surface area (Å²) in [5.41, 5.74) is 0.258. The number of hydrogen-bond donors (Lipinski definition) is 1. The lowest BCUT2D eigenvalue weighted by Crippen LogP contribution is -1.98. The van der Waals surface area contributed by atoms with Crippen LogP contribution >= 0.6 is 11.8 Å². The summed E-state index contributed by atoms with van der Waals surface area (Å²) in [5.74, 6) is 0.743. The lowest BCUT2D eigenvalue weighted by molar-refractivity contribution is 0.0693. The van der Waals surface area contributed by atoms with E-state index in [1.165, 1.54) is 18.0 Å². The highest BCUT2D eigenvalue weighted by Crippen LogP contribution is 2.26. The van der Waals surface area contributed by atoms with E-state index in [-0.39, 0.29) is 5.56 Å². The van der Waals surface area contributed by atoms with E-state index in [0.29, 0.717) is 28.1 Å². The third kappa shape index (κ3) is 2.97. The number of nitrogens with zero attached hydrogens (tertiary/aromatic N) is 2. The van der Waals surface area contributed by atoms with Crippen LogP contribution in [-0.4, -0.2) is 21.2 Å². The molecule has 0 saturated carbocycles. The molecule has 0 saturated heterocycles. The molecule has 2 aromatic heterocycles. The number of carbonyl (C=O) groups is 1. The molecule has 0 spiro atoms. The molecule has 1 aromatic carbocycles. The monoisotopic (exact) mass is 302 g/mol. The van der Waals surface area contributed by atoms with Crippen LogP contribution in [0, 0.1) is 0 Å². The molecular weight excluding hydrogens is 292 g/mol. The van der Waals surface area contributed by atoms with Gasteiger partial charge in [0.25, 0.3) is 0 Å². The van der Waals surface area contributed by atoms with E-state index in [4.69, 9.17) is 14.0 Å². The fourth-order valence-corrected chi connectivity index (χ4v) is 2.61. The molecule has 0 radical (unpaired) electrons. The number of furan rings is 1. The first-order chi connectivity index (χ1) is 10.2. The van der Waals surface area contributed by atoms with E-state index in [0.717, 1.165) is 0 Å². The predicted molar refractivity (Wildman–Crippen MR) is 75.0 cm³/mol. The van der Waals surface area contributed by atoms with Crippen LogP contribution in [0.2, 0.25) is 0 Å². The Balaban J connectivity index is 1.73. The lowest BCUT2D eigenvalue weighted by Gasteiger charge is -2.02. The van der Waals surface area contributed by atoms with Crippen LogP contribution in [0.25, 0.3) is 11.6 Å². The molecule has 2 heterocycles. The van der Waals surface area contributed by atoms with Crippen molar-refractivity contribution in [2.75, 3.05) is 0 Å². The largest absolute Gasteiger partial charge is 0.478 e. The zero-order valence-corrected chi connectivity index (χ0v) is 11.5. The van der Waals surface area contributed by atoms with Crippen LogP contribution in [0.3, 0.4) is 0 Å². The highest BCUT2D eigenvalue weighted by atomic mass is 32.2. The molecule has 6 nitrogen and oxygen atoms in total. The standard InChI is InChI=1S/C14H10N2O4S/c17-14(18)9-4-1-2-6-11(9)21-8-12-15-13(16-20-12)10-5-3-7-19-10/h1-7H,8H2,(H,17,18). The SMILES string of the molecule is O=C(O)c1ccccc1SCc1nc(-c2ccco2)no1. The van der Waals surface area contributed by atoms with E-state index >= 15 is 0 Å². The van der Waals surface area contributed by atoms with Crippen molar-refractivity contribution >= 4 is 17.7 Å². The third-order valence-electron chi connectivity index (χ3n) is 2.68. The van der Waals surface area contributed by atoms with Crippen molar-refractivity contribution in [1.29, 1.82) is 0 Å². The minimum atomic E-state index is -0.958. The summed E-state index contributed by atoms with van der Waals surface area (Å²) < 4.78 is 10.3. The molecule has 0 fully saturated rings. The van der Waals surface area contributed by atoms with Gasteiger partial charge in [-0.3, -0.25) is 0 Å². The van der Waals surface area contributed by atoms with Crippen LogP contribution < -0.4 is 0 Å². The van der Waals surface area contributed by atoms with Crippen molar-refractivity contribution in [3.63, 3.8) is 0 Å². The maximum atomic E-state index is 11.1. The van der Waals surface area contributed by atoms with Crippen LogP contribution in [0.1, 0.15) is 16.2 Å².